The van der Waals surface area contributed by atoms with E-state index in [1.54, 1.807) is 0 Å². The smallest absolute Gasteiger partial charge is 0.243 e. The molecule has 2 heterocycles. The average molecular weight is 337 g/mol. The van der Waals surface area contributed by atoms with Crippen molar-refractivity contribution < 1.29 is 4.79 Å². The number of carbonyl (C=O) groups is 1. The topological polar surface area (TPSA) is 56.4 Å². The standard InChI is InChI=1S/C19H36N4O/c1-14(2)23-13-21-16-15(17(23)24)20-12-19(4,22-16)18(3)10-8-6-5-7-9-11-18/h14-16,20-22H,5-13H2,1-4H3. The number of rotatable bonds is 2. The number of hydrogen-bond acceptors (Lipinski definition) is 4. The fourth-order valence-corrected chi connectivity index (χ4v) is 4.82. The van der Waals surface area contributed by atoms with Gasteiger partial charge in [-0.25, -0.2) is 0 Å². The number of hydrogen-bond donors (Lipinski definition) is 3. The second kappa shape index (κ2) is 6.93. The van der Waals surface area contributed by atoms with E-state index in [9.17, 15) is 4.79 Å². The van der Waals surface area contributed by atoms with Crippen molar-refractivity contribution in [2.75, 3.05) is 13.2 Å². The molecule has 1 aliphatic carbocycles. The summed E-state index contributed by atoms with van der Waals surface area (Å²) in [4.78, 5) is 14.7. The molecular weight excluding hydrogens is 300 g/mol. The molecule has 1 amide bonds. The molecule has 0 spiro atoms. The number of carbonyl (C=O) groups excluding carboxylic acids is 1. The first-order valence-electron chi connectivity index (χ1n) is 9.91. The van der Waals surface area contributed by atoms with Gasteiger partial charge in [-0.3, -0.25) is 15.4 Å². The SMILES string of the molecule is CC(C)N1CNC2NC(C)(C3(C)CCCCCCC3)CNC2C1=O. The van der Waals surface area contributed by atoms with Gasteiger partial charge < -0.3 is 10.2 Å². The summed E-state index contributed by atoms with van der Waals surface area (Å²) in [6.45, 7) is 10.5. The van der Waals surface area contributed by atoms with E-state index in [-0.39, 0.29) is 35.1 Å². The van der Waals surface area contributed by atoms with Gasteiger partial charge in [0.1, 0.15) is 6.04 Å². The highest BCUT2D eigenvalue weighted by atomic mass is 16.2. The molecule has 0 radical (unpaired) electrons. The molecule has 138 valence electrons. The van der Waals surface area contributed by atoms with Crippen LogP contribution in [0.25, 0.3) is 0 Å². The summed E-state index contributed by atoms with van der Waals surface area (Å²) < 4.78 is 0. The third-order valence-corrected chi connectivity index (χ3v) is 6.93. The quantitative estimate of drug-likeness (QED) is 0.723. The number of amides is 1. The van der Waals surface area contributed by atoms with Gasteiger partial charge in [0.15, 0.2) is 0 Å². The van der Waals surface area contributed by atoms with Crippen LogP contribution in [0.5, 0.6) is 0 Å². The van der Waals surface area contributed by atoms with Crippen LogP contribution in [-0.4, -0.2) is 47.8 Å². The molecule has 24 heavy (non-hydrogen) atoms. The minimum atomic E-state index is -0.147. The Hall–Kier alpha value is -0.650. The van der Waals surface area contributed by atoms with Crippen LogP contribution in [0, 0.1) is 5.41 Å². The van der Waals surface area contributed by atoms with Gasteiger partial charge in [0.05, 0.1) is 12.8 Å². The fourth-order valence-electron chi connectivity index (χ4n) is 4.82. The molecule has 5 heteroatoms. The van der Waals surface area contributed by atoms with E-state index >= 15 is 0 Å². The Morgan fingerprint density at radius 2 is 1.67 bits per heavy atom. The number of piperazine rings is 1. The van der Waals surface area contributed by atoms with Crippen LogP contribution in [0.15, 0.2) is 0 Å². The van der Waals surface area contributed by atoms with Crippen LogP contribution in [0.2, 0.25) is 0 Å². The molecule has 0 aromatic heterocycles. The van der Waals surface area contributed by atoms with E-state index in [2.05, 4.69) is 43.6 Å². The normalized spacial score (nSPS) is 37.7. The maximum absolute atomic E-state index is 12.8. The molecule has 3 unspecified atom stereocenters. The molecule has 3 atom stereocenters. The molecule has 3 fully saturated rings. The lowest BCUT2D eigenvalue weighted by atomic mass is 9.64. The van der Waals surface area contributed by atoms with E-state index < -0.39 is 0 Å². The van der Waals surface area contributed by atoms with Crippen molar-refractivity contribution in [1.29, 1.82) is 0 Å². The molecule has 5 nitrogen and oxygen atoms in total. The van der Waals surface area contributed by atoms with Crippen molar-refractivity contribution in [2.45, 2.75) is 96.4 Å². The monoisotopic (exact) mass is 336 g/mol. The molecule has 3 rings (SSSR count). The molecule has 0 bridgehead atoms. The average Bonchev–Trinajstić information content (AvgIpc) is 2.50. The first kappa shape index (κ1) is 18.2. The maximum Gasteiger partial charge on any atom is 0.243 e. The zero-order valence-corrected chi connectivity index (χ0v) is 16.0. The summed E-state index contributed by atoms with van der Waals surface area (Å²) in [6.07, 6.45) is 9.38. The van der Waals surface area contributed by atoms with Gasteiger partial charge in [0.2, 0.25) is 5.91 Å². The molecule has 2 aliphatic heterocycles. The molecule has 0 aromatic carbocycles. The maximum atomic E-state index is 12.8. The second-order valence-electron chi connectivity index (χ2n) is 8.91. The third kappa shape index (κ3) is 3.23. The summed E-state index contributed by atoms with van der Waals surface area (Å²) >= 11 is 0. The first-order chi connectivity index (χ1) is 11.4. The van der Waals surface area contributed by atoms with Crippen LogP contribution in [-0.2, 0) is 4.79 Å². The van der Waals surface area contributed by atoms with Crippen LogP contribution in [0.1, 0.15) is 72.6 Å². The Bertz CT molecular complexity index is 458. The second-order valence-corrected chi connectivity index (χ2v) is 8.91. The zero-order valence-electron chi connectivity index (χ0n) is 16.0. The van der Waals surface area contributed by atoms with Gasteiger partial charge in [0.25, 0.3) is 0 Å². The summed E-state index contributed by atoms with van der Waals surface area (Å²) in [6, 6.07) is 0.0931. The Morgan fingerprint density at radius 1 is 1.04 bits per heavy atom. The van der Waals surface area contributed by atoms with E-state index in [0.717, 1.165) is 6.54 Å². The molecule has 2 saturated heterocycles. The van der Waals surface area contributed by atoms with E-state index in [4.69, 9.17) is 0 Å². The van der Waals surface area contributed by atoms with E-state index in [1.807, 2.05) is 4.90 Å². The third-order valence-electron chi connectivity index (χ3n) is 6.93. The minimum absolute atomic E-state index is 0.0266. The molecular formula is C19H36N4O. The van der Waals surface area contributed by atoms with Crippen molar-refractivity contribution in [1.82, 2.24) is 20.9 Å². The predicted molar refractivity (Wildman–Crippen MR) is 97.5 cm³/mol. The van der Waals surface area contributed by atoms with Gasteiger partial charge in [-0.05, 0) is 39.0 Å². The van der Waals surface area contributed by atoms with Gasteiger partial charge >= 0.3 is 0 Å². The number of nitrogens with one attached hydrogen (secondary N) is 3. The van der Waals surface area contributed by atoms with Crippen molar-refractivity contribution in [3.8, 4) is 0 Å². The molecule has 3 aliphatic rings. The van der Waals surface area contributed by atoms with Crippen LogP contribution in [0.3, 0.4) is 0 Å². The van der Waals surface area contributed by atoms with Crippen LogP contribution >= 0.6 is 0 Å². The van der Waals surface area contributed by atoms with E-state index in [0.29, 0.717) is 6.67 Å². The van der Waals surface area contributed by atoms with Gasteiger partial charge in [-0.1, -0.05) is 39.0 Å². The lowest BCUT2D eigenvalue weighted by Gasteiger charge is -2.56. The molecule has 0 aromatic rings. The minimum Gasteiger partial charge on any atom is -0.326 e. The van der Waals surface area contributed by atoms with Crippen molar-refractivity contribution in [2.24, 2.45) is 5.41 Å². The lowest BCUT2D eigenvalue weighted by Crippen LogP contribution is -2.80. The van der Waals surface area contributed by atoms with Gasteiger partial charge in [-0.15, -0.1) is 0 Å². The summed E-state index contributed by atoms with van der Waals surface area (Å²) in [5, 5.41) is 11.0. The summed E-state index contributed by atoms with van der Waals surface area (Å²) in [5.41, 5.74) is 0.310. The lowest BCUT2D eigenvalue weighted by molar-refractivity contribution is -0.143. The van der Waals surface area contributed by atoms with Gasteiger partial charge in [-0.2, -0.15) is 0 Å². The Morgan fingerprint density at radius 3 is 2.29 bits per heavy atom. The summed E-state index contributed by atoms with van der Waals surface area (Å²) in [5.74, 6) is 0.228. The number of nitrogens with zero attached hydrogens (tertiary/aromatic N) is 1. The Balaban J connectivity index is 1.73. The van der Waals surface area contributed by atoms with Crippen molar-refractivity contribution in [3.63, 3.8) is 0 Å². The highest BCUT2D eigenvalue weighted by Crippen LogP contribution is 2.43. The zero-order chi connectivity index (χ0) is 17.4. The first-order valence-corrected chi connectivity index (χ1v) is 9.91. The van der Waals surface area contributed by atoms with Crippen LogP contribution in [0.4, 0.5) is 0 Å². The van der Waals surface area contributed by atoms with Gasteiger partial charge in [0, 0.05) is 18.1 Å². The predicted octanol–water partition coefficient (Wildman–Crippen LogP) is 2.18. The highest BCUT2D eigenvalue weighted by Gasteiger charge is 2.51. The molecule has 3 N–H and O–H groups in total. The van der Waals surface area contributed by atoms with Crippen LogP contribution < -0.4 is 16.0 Å². The Kier molecular flexibility index (Phi) is 5.24. The summed E-state index contributed by atoms with van der Waals surface area (Å²) in [7, 11) is 0. The highest BCUT2D eigenvalue weighted by molar-refractivity contribution is 5.84. The van der Waals surface area contributed by atoms with Crippen molar-refractivity contribution >= 4 is 5.91 Å². The Labute approximate surface area is 147 Å². The van der Waals surface area contributed by atoms with Crippen molar-refractivity contribution in [3.05, 3.63) is 0 Å². The number of fused-ring (bicyclic) bond motifs is 1. The fraction of sp³-hybridized carbons (Fsp3) is 0.947. The van der Waals surface area contributed by atoms with E-state index in [1.165, 1.54) is 44.9 Å². The largest absolute Gasteiger partial charge is 0.326 e. The molecule has 1 saturated carbocycles.